The van der Waals surface area contributed by atoms with Crippen molar-refractivity contribution in [3.63, 3.8) is 0 Å². The molecule has 0 atom stereocenters. The molecule has 6 nitrogen and oxygen atoms in total. The van der Waals surface area contributed by atoms with Crippen LogP contribution in [0.2, 0.25) is 5.02 Å². The van der Waals surface area contributed by atoms with E-state index in [1.807, 2.05) is 6.07 Å². The van der Waals surface area contributed by atoms with E-state index in [2.05, 4.69) is 15.3 Å². The largest absolute Gasteiger partial charge is 0.543 e. The summed E-state index contributed by atoms with van der Waals surface area (Å²) in [5, 5.41) is 15.1. The maximum atomic E-state index is 12.2. The highest BCUT2D eigenvalue weighted by Crippen LogP contribution is 2.26. The molecule has 3 aromatic rings. The number of amides is 1. The zero-order valence-corrected chi connectivity index (χ0v) is 13.3. The maximum absolute atomic E-state index is 12.2. The lowest BCUT2D eigenvalue weighted by molar-refractivity contribution is -0.255. The van der Waals surface area contributed by atoms with Crippen LogP contribution in [0.1, 0.15) is 21.6 Å². The summed E-state index contributed by atoms with van der Waals surface area (Å²) >= 11 is 5.97. The van der Waals surface area contributed by atoms with Crippen molar-refractivity contribution < 1.29 is 14.7 Å². The number of aromatic amines is 1. The van der Waals surface area contributed by atoms with Crippen molar-refractivity contribution in [2.45, 2.75) is 13.0 Å². The SMILES string of the molecule is O=C(Cc1c(C(=O)[O-])[nH]c2ccc(Cl)cc12)NCc1cccnc1. The molecule has 0 bridgehead atoms. The molecule has 0 saturated heterocycles. The topological polar surface area (TPSA) is 97.9 Å². The van der Waals surface area contributed by atoms with Gasteiger partial charge in [0, 0.05) is 34.9 Å². The first kappa shape index (κ1) is 16.0. The molecular formula is C17H13ClN3O3-. The molecular weight excluding hydrogens is 330 g/mol. The smallest absolute Gasteiger partial charge is 0.224 e. The van der Waals surface area contributed by atoms with E-state index >= 15 is 0 Å². The van der Waals surface area contributed by atoms with Gasteiger partial charge in [-0.15, -0.1) is 0 Å². The second kappa shape index (κ2) is 6.72. The van der Waals surface area contributed by atoms with E-state index in [4.69, 9.17) is 11.6 Å². The number of pyridine rings is 1. The van der Waals surface area contributed by atoms with Crippen LogP contribution in [-0.4, -0.2) is 21.8 Å². The highest BCUT2D eigenvalue weighted by molar-refractivity contribution is 6.31. The standard InChI is InChI=1S/C17H14ClN3O3/c18-11-3-4-14-12(6-11)13(16(21-14)17(23)24)7-15(22)20-9-10-2-1-5-19-8-10/h1-6,8,21H,7,9H2,(H,20,22)(H,23,24)/p-1. The number of carbonyl (C=O) groups excluding carboxylic acids is 2. The molecule has 122 valence electrons. The van der Waals surface area contributed by atoms with Crippen LogP contribution >= 0.6 is 11.6 Å². The van der Waals surface area contributed by atoms with E-state index in [1.54, 1.807) is 36.7 Å². The fourth-order valence-electron chi connectivity index (χ4n) is 2.50. The van der Waals surface area contributed by atoms with Crippen LogP contribution in [-0.2, 0) is 17.8 Å². The number of nitrogens with zero attached hydrogens (tertiary/aromatic N) is 1. The first-order valence-electron chi connectivity index (χ1n) is 7.21. The number of carboxylic acids is 1. The summed E-state index contributed by atoms with van der Waals surface area (Å²) in [4.78, 5) is 30.2. The number of rotatable bonds is 5. The second-order valence-electron chi connectivity index (χ2n) is 5.27. The van der Waals surface area contributed by atoms with Gasteiger partial charge >= 0.3 is 0 Å². The minimum absolute atomic E-state index is 0.0933. The van der Waals surface area contributed by atoms with Gasteiger partial charge in [0.25, 0.3) is 0 Å². The Labute approximate surface area is 142 Å². The van der Waals surface area contributed by atoms with Crippen molar-refractivity contribution in [2.24, 2.45) is 0 Å². The van der Waals surface area contributed by atoms with Gasteiger partial charge in [-0.25, -0.2) is 0 Å². The highest BCUT2D eigenvalue weighted by Gasteiger charge is 2.16. The quantitative estimate of drug-likeness (QED) is 0.733. The molecule has 0 spiro atoms. The van der Waals surface area contributed by atoms with Gasteiger partial charge < -0.3 is 20.2 Å². The fourth-order valence-corrected chi connectivity index (χ4v) is 2.68. The van der Waals surface area contributed by atoms with E-state index in [1.165, 1.54) is 0 Å². The summed E-state index contributed by atoms with van der Waals surface area (Å²) in [5.74, 6) is -1.67. The summed E-state index contributed by atoms with van der Waals surface area (Å²) < 4.78 is 0. The Morgan fingerprint density at radius 2 is 2.12 bits per heavy atom. The normalized spacial score (nSPS) is 10.7. The number of fused-ring (bicyclic) bond motifs is 1. The number of aromatic nitrogens is 2. The van der Waals surface area contributed by atoms with Crippen molar-refractivity contribution in [1.82, 2.24) is 15.3 Å². The van der Waals surface area contributed by atoms with Gasteiger partial charge in [-0.2, -0.15) is 0 Å². The third-order valence-corrected chi connectivity index (χ3v) is 3.86. The number of hydrogen-bond acceptors (Lipinski definition) is 4. The molecule has 0 fully saturated rings. The predicted octanol–water partition coefficient (Wildman–Crippen LogP) is 1.44. The molecule has 24 heavy (non-hydrogen) atoms. The molecule has 0 aliphatic rings. The molecule has 3 rings (SSSR count). The van der Waals surface area contributed by atoms with Crippen LogP contribution in [0.3, 0.4) is 0 Å². The Kier molecular flexibility index (Phi) is 4.48. The van der Waals surface area contributed by atoms with Gasteiger partial charge in [0.2, 0.25) is 5.91 Å². The zero-order valence-electron chi connectivity index (χ0n) is 12.5. The highest BCUT2D eigenvalue weighted by atomic mass is 35.5. The third-order valence-electron chi connectivity index (χ3n) is 3.62. The number of benzene rings is 1. The number of halogens is 1. The fraction of sp³-hybridized carbons (Fsp3) is 0.118. The summed E-state index contributed by atoms with van der Waals surface area (Å²) in [6.07, 6.45) is 3.20. The molecule has 7 heteroatoms. The molecule has 1 amide bonds. The molecule has 0 unspecified atom stereocenters. The van der Waals surface area contributed by atoms with Crippen LogP contribution in [0.5, 0.6) is 0 Å². The van der Waals surface area contributed by atoms with Crippen LogP contribution in [0.15, 0.2) is 42.7 Å². The van der Waals surface area contributed by atoms with Gasteiger partial charge in [0.05, 0.1) is 18.1 Å². The number of carboxylic acid groups (broad SMARTS) is 1. The Balaban J connectivity index is 1.83. The first-order chi connectivity index (χ1) is 11.5. The van der Waals surface area contributed by atoms with Crippen molar-refractivity contribution in [2.75, 3.05) is 0 Å². The van der Waals surface area contributed by atoms with Crippen molar-refractivity contribution in [3.8, 4) is 0 Å². The molecule has 2 aromatic heterocycles. The number of carbonyl (C=O) groups is 2. The van der Waals surface area contributed by atoms with Gasteiger partial charge in [0.1, 0.15) is 0 Å². The maximum Gasteiger partial charge on any atom is 0.224 e. The zero-order chi connectivity index (χ0) is 17.1. The van der Waals surface area contributed by atoms with Crippen LogP contribution < -0.4 is 10.4 Å². The summed E-state index contributed by atoms with van der Waals surface area (Å²) in [5.41, 5.74) is 1.70. The minimum Gasteiger partial charge on any atom is -0.543 e. The Hall–Kier alpha value is -2.86. The monoisotopic (exact) mass is 342 g/mol. The second-order valence-corrected chi connectivity index (χ2v) is 5.71. The molecule has 0 aliphatic heterocycles. The molecule has 2 heterocycles. The summed E-state index contributed by atoms with van der Waals surface area (Å²) in [6.45, 7) is 0.316. The van der Waals surface area contributed by atoms with Crippen molar-refractivity contribution in [1.29, 1.82) is 0 Å². The lowest BCUT2D eigenvalue weighted by Gasteiger charge is -2.07. The van der Waals surface area contributed by atoms with Gasteiger partial charge in [0.15, 0.2) is 0 Å². The Morgan fingerprint density at radius 1 is 1.29 bits per heavy atom. The Bertz CT molecular complexity index is 906. The molecule has 0 saturated carbocycles. The van der Waals surface area contributed by atoms with Crippen molar-refractivity contribution >= 4 is 34.4 Å². The Morgan fingerprint density at radius 3 is 2.83 bits per heavy atom. The van der Waals surface area contributed by atoms with E-state index in [0.29, 0.717) is 28.0 Å². The average molecular weight is 343 g/mol. The van der Waals surface area contributed by atoms with E-state index in [9.17, 15) is 14.7 Å². The van der Waals surface area contributed by atoms with Gasteiger partial charge in [-0.05, 0) is 35.4 Å². The molecule has 1 aromatic carbocycles. The first-order valence-corrected chi connectivity index (χ1v) is 7.59. The lowest BCUT2D eigenvalue weighted by Crippen LogP contribution is -2.28. The van der Waals surface area contributed by atoms with E-state index < -0.39 is 5.97 Å². The lowest BCUT2D eigenvalue weighted by atomic mass is 10.1. The average Bonchev–Trinajstić information content (AvgIpc) is 2.92. The number of aromatic carboxylic acids is 1. The van der Waals surface area contributed by atoms with Crippen LogP contribution in [0.4, 0.5) is 0 Å². The van der Waals surface area contributed by atoms with E-state index in [-0.39, 0.29) is 18.0 Å². The summed E-state index contributed by atoms with van der Waals surface area (Å²) in [6, 6.07) is 8.55. The van der Waals surface area contributed by atoms with Crippen LogP contribution in [0.25, 0.3) is 10.9 Å². The molecule has 0 radical (unpaired) electrons. The van der Waals surface area contributed by atoms with E-state index in [0.717, 1.165) is 5.56 Å². The molecule has 0 aliphatic carbocycles. The van der Waals surface area contributed by atoms with Gasteiger partial charge in [-0.3, -0.25) is 9.78 Å². The van der Waals surface area contributed by atoms with Crippen molar-refractivity contribution in [3.05, 3.63) is 64.6 Å². The van der Waals surface area contributed by atoms with Gasteiger partial charge in [-0.1, -0.05) is 17.7 Å². The van der Waals surface area contributed by atoms with Crippen LogP contribution in [0, 0.1) is 0 Å². The number of hydrogen-bond donors (Lipinski definition) is 2. The summed E-state index contributed by atoms with van der Waals surface area (Å²) in [7, 11) is 0. The minimum atomic E-state index is -1.36. The molecule has 2 N–H and O–H groups in total. The number of nitrogens with one attached hydrogen (secondary N) is 2. The third kappa shape index (κ3) is 3.38. The number of H-pyrrole nitrogens is 1. The predicted molar refractivity (Wildman–Crippen MR) is 87.4 cm³/mol.